The number of fused-ring (bicyclic) bond motifs is 1. The number of hydrogen-bond acceptors (Lipinski definition) is 3. The Bertz CT molecular complexity index is 507. The van der Waals surface area contributed by atoms with Crippen molar-refractivity contribution in [3.05, 3.63) is 30.2 Å². The van der Waals surface area contributed by atoms with Crippen molar-refractivity contribution in [2.24, 2.45) is 0 Å². The van der Waals surface area contributed by atoms with Gasteiger partial charge in [0.1, 0.15) is 13.5 Å². The lowest BCUT2D eigenvalue weighted by molar-refractivity contribution is 0.0518. The highest BCUT2D eigenvalue weighted by molar-refractivity contribution is 6.32. The van der Waals surface area contributed by atoms with Crippen molar-refractivity contribution in [2.45, 2.75) is 6.92 Å². The van der Waals surface area contributed by atoms with Crippen LogP contribution in [0.25, 0.3) is 5.65 Å². The number of esters is 1. The summed E-state index contributed by atoms with van der Waals surface area (Å²) in [5.74, 6) is -0.337. The van der Waals surface area contributed by atoms with Gasteiger partial charge in [0, 0.05) is 6.20 Å². The fraction of sp³-hybridized carbons (Fsp3) is 0.200. The van der Waals surface area contributed by atoms with Crippen LogP contribution in [0, 0.1) is 0 Å². The molecule has 0 N–H and O–H groups in total. The Labute approximate surface area is 88.3 Å². The molecule has 2 aromatic rings. The average molecular weight is 202 g/mol. The highest BCUT2D eigenvalue weighted by Gasteiger charge is 2.12. The van der Waals surface area contributed by atoms with Crippen LogP contribution < -0.4 is 5.46 Å². The van der Waals surface area contributed by atoms with Crippen molar-refractivity contribution >= 4 is 24.9 Å². The Morgan fingerprint density at radius 1 is 1.60 bits per heavy atom. The molecule has 2 heterocycles. The lowest BCUT2D eigenvalue weighted by Crippen LogP contribution is -2.11. The monoisotopic (exact) mass is 202 g/mol. The maximum Gasteiger partial charge on any atom is 0.356 e. The van der Waals surface area contributed by atoms with Crippen LogP contribution in [-0.2, 0) is 4.74 Å². The molecule has 0 spiro atoms. The van der Waals surface area contributed by atoms with Crippen LogP contribution in [0.15, 0.2) is 24.5 Å². The van der Waals surface area contributed by atoms with Crippen molar-refractivity contribution < 1.29 is 9.53 Å². The molecule has 0 aliphatic heterocycles. The smallest absolute Gasteiger partial charge is 0.356 e. The van der Waals surface area contributed by atoms with Crippen LogP contribution in [0.5, 0.6) is 0 Å². The number of carbonyl (C=O) groups is 1. The molecule has 15 heavy (non-hydrogen) atoms. The van der Waals surface area contributed by atoms with Gasteiger partial charge in [-0.1, -0.05) is 11.5 Å². The van der Waals surface area contributed by atoms with E-state index in [4.69, 9.17) is 4.74 Å². The molecule has 0 saturated heterocycles. The maximum absolute atomic E-state index is 11.5. The normalized spacial score (nSPS) is 10.5. The van der Waals surface area contributed by atoms with Crippen molar-refractivity contribution in [3.8, 4) is 0 Å². The first-order valence-electron chi connectivity index (χ1n) is 4.83. The molecule has 0 amide bonds. The number of pyridine rings is 1. The number of hydrogen-bond donors (Lipinski definition) is 0. The van der Waals surface area contributed by atoms with E-state index in [0.29, 0.717) is 12.3 Å². The summed E-state index contributed by atoms with van der Waals surface area (Å²) in [6.07, 6.45) is 3.40. The van der Waals surface area contributed by atoms with E-state index < -0.39 is 0 Å². The summed E-state index contributed by atoms with van der Waals surface area (Å²) in [6.45, 7) is 2.16. The molecule has 76 valence electrons. The first kappa shape index (κ1) is 9.77. The first-order valence-corrected chi connectivity index (χ1v) is 4.83. The molecule has 2 aromatic heterocycles. The highest BCUT2D eigenvalue weighted by atomic mass is 16.5. The molecule has 0 fully saturated rings. The second-order valence-corrected chi connectivity index (χ2v) is 3.30. The summed E-state index contributed by atoms with van der Waals surface area (Å²) in [4.78, 5) is 15.7. The molecule has 2 rings (SSSR count). The van der Waals surface area contributed by atoms with Crippen LogP contribution >= 0.6 is 0 Å². The van der Waals surface area contributed by atoms with E-state index in [2.05, 4.69) is 4.98 Å². The molecule has 0 aromatic carbocycles. The summed E-state index contributed by atoms with van der Waals surface area (Å²) in [6, 6.07) is 3.83. The van der Waals surface area contributed by atoms with Gasteiger partial charge in [0.15, 0.2) is 5.69 Å². The van der Waals surface area contributed by atoms with Gasteiger partial charge in [0.05, 0.1) is 12.8 Å². The molecular formula is C10H11BN2O2. The minimum absolute atomic E-state index is 0.337. The van der Waals surface area contributed by atoms with E-state index in [1.165, 1.54) is 6.20 Å². The third-order valence-electron chi connectivity index (χ3n) is 2.14. The molecule has 0 atom stereocenters. The molecular weight excluding hydrogens is 191 g/mol. The molecule has 0 aliphatic rings. The number of carbonyl (C=O) groups excluding carboxylic acids is 1. The number of imidazole rings is 1. The summed E-state index contributed by atoms with van der Waals surface area (Å²) < 4.78 is 6.68. The molecule has 0 saturated carbocycles. The van der Waals surface area contributed by atoms with Crippen LogP contribution in [0.4, 0.5) is 0 Å². The van der Waals surface area contributed by atoms with Gasteiger partial charge >= 0.3 is 5.97 Å². The molecule has 4 nitrogen and oxygen atoms in total. The van der Waals surface area contributed by atoms with E-state index in [0.717, 1.165) is 11.1 Å². The number of nitrogens with zero attached hydrogens (tertiary/aromatic N) is 2. The van der Waals surface area contributed by atoms with Gasteiger partial charge in [-0.25, -0.2) is 9.78 Å². The van der Waals surface area contributed by atoms with Gasteiger partial charge in [-0.05, 0) is 13.0 Å². The first-order chi connectivity index (χ1) is 7.22. The zero-order valence-corrected chi connectivity index (χ0v) is 8.73. The third-order valence-corrected chi connectivity index (χ3v) is 2.14. The van der Waals surface area contributed by atoms with E-state index in [-0.39, 0.29) is 5.97 Å². The second kappa shape index (κ2) is 3.77. The Kier molecular flexibility index (Phi) is 2.45. The van der Waals surface area contributed by atoms with Crippen LogP contribution in [0.1, 0.15) is 17.4 Å². The number of aromatic nitrogens is 2. The minimum Gasteiger partial charge on any atom is -0.461 e. The standard InChI is InChI=1S/C10H11BN2O2/c1-2-15-10(14)8-5-12-9-4-3-7(11)6-13(8)9/h3-6H,2,11H2,1H3. The number of rotatable bonds is 2. The van der Waals surface area contributed by atoms with Crippen LogP contribution in [-0.4, -0.2) is 29.8 Å². The van der Waals surface area contributed by atoms with Gasteiger partial charge in [0.25, 0.3) is 0 Å². The van der Waals surface area contributed by atoms with Gasteiger partial charge < -0.3 is 4.74 Å². The predicted molar refractivity (Wildman–Crippen MR) is 59.3 cm³/mol. The quantitative estimate of drug-likeness (QED) is 0.499. The Morgan fingerprint density at radius 3 is 3.13 bits per heavy atom. The zero-order chi connectivity index (χ0) is 10.8. The van der Waals surface area contributed by atoms with Crippen molar-refractivity contribution in [1.29, 1.82) is 0 Å². The van der Waals surface area contributed by atoms with Gasteiger partial charge in [-0.3, -0.25) is 4.40 Å². The van der Waals surface area contributed by atoms with E-state index in [1.807, 2.05) is 26.2 Å². The maximum atomic E-state index is 11.5. The molecule has 0 unspecified atom stereocenters. The Morgan fingerprint density at radius 2 is 2.40 bits per heavy atom. The van der Waals surface area contributed by atoms with Crippen LogP contribution in [0.3, 0.4) is 0 Å². The van der Waals surface area contributed by atoms with Crippen LogP contribution in [0.2, 0.25) is 0 Å². The molecule has 0 radical (unpaired) electrons. The Balaban J connectivity index is 2.52. The lowest BCUT2D eigenvalue weighted by Gasteiger charge is -2.02. The van der Waals surface area contributed by atoms with Crippen molar-refractivity contribution in [3.63, 3.8) is 0 Å². The topological polar surface area (TPSA) is 43.6 Å². The van der Waals surface area contributed by atoms with Crippen molar-refractivity contribution in [1.82, 2.24) is 9.38 Å². The summed E-state index contributed by atoms with van der Waals surface area (Å²) in [5.41, 5.74) is 2.30. The fourth-order valence-corrected chi connectivity index (χ4v) is 1.44. The fourth-order valence-electron chi connectivity index (χ4n) is 1.44. The number of ether oxygens (including phenoxy) is 1. The average Bonchev–Trinajstić information content (AvgIpc) is 2.60. The predicted octanol–water partition coefficient (Wildman–Crippen LogP) is -0.231. The highest BCUT2D eigenvalue weighted by Crippen LogP contribution is 2.06. The van der Waals surface area contributed by atoms with Crippen molar-refractivity contribution in [2.75, 3.05) is 6.61 Å². The largest absolute Gasteiger partial charge is 0.461 e. The van der Waals surface area contributed by atoms with Gasteiger partial charge in [-0.15, -0.1) is 0 Å². The van der Waals surface area contributed by atoms with Gasteiger partial charge in [-0.2, -0.15) is 0 Å². The molecule has 0 bridgehead atoms. The Hall–Kier alpha value is -1.78. The SMILES string of the molecule is Bc1ccc2ncc(C(=O)OCC)n2c1. The summed E-state index contributed by atoms with van der Waals surface area (Å²) in [7, 11) is 1.97. The summed E-state index contributed by atoms with van der Waals surface area (Å²) >= 11 is 0. The van der Waals surface area contributed by atoms with E-state index in [9.17, 15) is 4.79 Å². The van der Waals surface area contributed by atoms with E-state index in [1.54, 1.807) is 11.3 Å². The summed E-state index contributed by atoms with van der Waals surface area (Å²) in [5, 5.41) is 0. The zero-order valence-electron chi connectivity index (χ0n) is 8.73. The van der Waals surface area contributed by atoms with E-state index >= 15 is 0 Å². The lowest BCUT2D eigenvalue weighted by atomic mass is 9.99. The molecule has 0 aliphatic carbocycles. The molecule has 5 heteroatoms. The minimum atomic E-state index is -0.337. The third kappa shape index (κ3) is 1.72. The second-order valence-electron chi connectivity index (χ2n) is 3.30. The van der Waals surface area contributed by atoms with Gasteiger partial charge in [0.2, 0.25) is 0 Å².